The fourth-order valence-electron chi connectivity index (χ4n) is 0.933. The molecule has 0 unspecified atom stereocenters. The molecule has 0 aliphatic heterocycles. The Kier molecular flexibility index (Phi) is 6.07. The van der Waals surface area contributed by atoms with Gasteiger partial charge in [0.15, 0.2) is 5.78 Å². The number of ketones is 1. The molecule has 18 heavy (non-hydrogen) atoms. The lowest BCUT2D eigenvalue weighted by molar-refractivity contribution is -0.153. The van der Waals surface area contributed by atoms with Crippen molar-refractivity contribution in [3.05, 3.63) is 12.3 Å². The van der Waals surface area contributed by atoms with Crippen LogP contribution in [0.5, 0.6) is 0 Å². The van der Waals surface area contributed by atoms with E-state index >= 15 is 0 Å². The Bertz CT molecular complexity index is 363. The van der Waals surface area contributed by atoms with Crippen LogP contribution in [0.15, 0.2) is 12.3 Å². The van der Waals surface area contributed by atoms with E-state index in [1.165, 1.54) is 0 Å². The monoisotopic (exact) mass is 267 g/mol. The minimum absolute atomic E-state index is 0.233. The standard InChI is InChI=1S/C10H12F3NO4/c1-6(7(15)3-4-9(17)18-2)14-8(16)5-10(11,12)13/h1,3-5H2,2H3,(H,14,16). The molecule has 102 valence electrons. The zero-order valence-electron chi connectivity index (χ0n) is 9.60. The smallest absolute Gasteiger partial charge is 0.397 e. The van der Waals surface area contributed by atoms with E-state index in [1.807, 2.05) is 0 Å². The number of hydrogen-bond acceptors (Lipinski definition) is 4. The SMILES string of the molecule is C=C(NC(=O)CC(F)(F)F)C(=O)CCC(=O)OC. The van der Waals surface area contributed by atoms with E-state index in [0.29, 0.717) is 0 Å². The van der Waals surface area contributed by atoms with Gasteiger partial charge in [-0.1, -0.05) is 6.58 Å². The van der Waals surface area contributed by atoms with Gasteiger partial charge in [0.25, 0.3) is 0 Å². The van der Waals surface area contributed by atoms with Crippen molar-refractivity contribution < 1.29 is 32.3 Å². The Hall–Kier alpha value is -1.86. The number of halogens is 3. The molecule has 0 heterocycles. The van der Waals surface area contributed by atoms with Crippen LogP contribution < -0.4 is 5.32 Å². The topological polar surface area (TPSA) is 72.5 Å². The molecule has 0 fully saturated rings. The number of Topliss-reactive ketones (excluding diaryl/α,β-unsaturated/α-hetero) is 1. The number of rotatable bonds is 6. The average molecular weight is 267 g/mol. The summed E-state index contributed by atoms with van der Waals surface area (Å²) in [6.07, 6.45) is -6.88. The Balaban J connectivity index is 4.13. The molecule has 0 atom stereocenters. The molecule has 0 rings (SSSR count). The van der Waals surface area contributed by atoms with Crippen molar-refractivity contribution in [2.24, 2.45) is 0 Å². The number of alkyl halides is 3. The highest BCUT2D eigenvalue weighted by Crippen LogP contribution is 2.19. The van der Waals surface area contributed by atoms with Gasteiger partial charge in [0.05, 0.1) is 19.2 Å². The summed E-state index contributed by atoms with van der Waals surface area (Å²) in [5.74, 6) is -2.74. The van der Waals surface area contributed by atoms with Crippen molar-refractivity contribution in [1.29, 1.82) is 0 Å². The van der Waals surface area contributed by atoms with Gasteiger partial charge in [0, 0.05) is 6.42 Å². The highest BCUT2D eigenvalue weighted by atomic mass is 19.4. The number of methoxy groups -OCH3 is 1. The summed E-state index contributed by atoms with van der Waals surface area (Å²) >= 11 is 0. The fourth-order valence-corrected chi connectivity index (χ4v) is 0.933. The van der Waals surface area contributed by atoms with Crippen LogP contribution in [0, 0.1) is 0 Å². The van der Waals surface area contributed by atoms with E-state index < -0.39 is 36.0 Å². The number of nitrogens with one attached hydrogen (secondary N) is 1. The third-order valence-corrected chi connectivity index (χ3v) is 1.77. The molecule has 0 aromatic carbocycles. The highest BCUT2D eigenvalue weighted by molar-refractivity contribution is 5.99. The molecule has 0 aliphatic rings. The second kappa shape index (κ2) is 6.77. The van der Waals surface area contributed by atoms with E-state index in [-0.39, 0.29) is 12.8 Å². The maximum Gasteiger partial charge on any atom is 0.397 e. The van der Waals surface area contributed by atoms with E-state index in [2.05, 4.69) is 11.3 Å². The second-order valence-electron chi connectivity index (χ2n) is 3.32. The first-order valence-corrected chi connectivity index (χ1v) is 4.81. The molecule has 0 bridgehead atoms. The van der Waals surface area contributed by atoms with Crippen LogP contribution >= 0.6 is 0 Å². The molecule has 0 radical (unpaired) electrons. The lowest BCUT2D eigenvalue weighted by Gasteiger charge is -2.09. The van der Waals surface area contributed by atoms with Gasteiger partial charge in [0.2, 0.25) is 5.91 Å². The third kappa shape index (κ3) is 7.42. The molecule has 0 aromatic rings. The molecule has 0 saturated heterocycles. The number of ether oxygens (including phenoxy) is 1. The van der Waals surface area contributed by atoms with Crippen molar-refractivity contribution in [2.75, 3.05) is 7.11 Å². The summed E-state index contributed by atoms with van der Waals surface area (Å²) in [6.45, 7) is 3.13. The van der Waals surface area contributed by atoms with Crippen LogP contribution in [0.1, 0.15) is 19.3 Å². The number of carbonyl (C=O) groups excluding carboxylic acids is 3. The molecule has 0 saturated carbocycles. The van der Waals surface area contributed by atoms with Crippen molar-refractivity contribution in [3.8, 4) is 0 Å². The quantitative estimate of drug-likeness (QED) is 0.577. The van der Waals surface area contributed by atoms with Gasteiger partial charge in [-0.25, -0.2) is 0 Å². The number of allylic oxidation sites excluding steroid dienone is 1. The number of hydrogen-bond donors (Lipinski definition) is 1. The molecule has 1 N–H and O–H groups in total. The Morgan fingerprint density at radius 2 is 1.78 bits per heavy atom. The Morgan fingerprint density at radius 1 is 1.22 bits per heavy atom. The summed E-state index contributed by atoms with van der Waals surface area (Å²) in [5.41, 5.74) is -0.479. The van der Waals surface area contributed by atoms with E-state index in [4.69, 9.17) is 0 Å². The lowest BCUT2D eigenvalue weighted by atomic mass is 10.2. The molecule has 5 nitrogen and oxygen atoms in total. The minimum atomic E-state index is -4.65. The fraction of sp³-hybridized carbons (Fsp3) is 0.500. The first-order chi connectivity index (χ1) is 8.15. The summed E-state index contributed by atoms with van der Waals surface area (Å²) in [4.78, 5) is 32.8. The maximum absolute atomic E-state index is 11.8. The normalized spacial score (nSPS) is 10.7. The van der Waals surface area contributed by atoms with Crippen LogP contribution in [-0.4, -0.2) is 30.9 Å². The Morgan fingerprint density at radius 3 is 2.22 bits per heavy atom. The van der Waals surface area contributed by atoms with Crippen molar-refractivity contribution in [3.63, 3.8) is 0 Å². The van der Waals surface area contributed by atoms with Gasteiger partial charge < -0.3 is 10.1 Å². The molecule has 0 spiro atoms. The maximum atomic E-state index is 11.8. The number of carbonyl (C=O) groups is 3. The number of amides is 1. The summed E-state index contributed by atoms with van der Waals surface area (Å²) in [7, 11) is 1.13. The zero-order valence-corrected chi connectivity index (χ0v) is 9.60. The first kappa shape index (κ1) is 16.1. The van der Waals surface area contributed by atoms with E-state index in [1.54, 1.807) is 5.32 Å². The summed E-state index contributed by atoms with van der Waals surface area (Å²) in [6, 6.07) is 0. The van der Waals surface area contributed by atoms with Gasteiger partial charge in [-0.15, -0.1) is 0 Å². The van der Waals surface area contributed by atoms with Crippen LogP contribution in [-0.2, 0) is 19.1 Å². The van der Waals surface area contributed by atoms with Crippen LogP contribution in [0.3, 0.4) is 0 Å². The predicted octanol–water partition coefficient (Wildman–Crippen LogP) is 1.09. The number of esters is 1. The van der Waals surface area contributed by atoms with Gasteiger partial charge in [-0.3, -0.25) is 14.4 Å². The molecule has 8 heteroatoms. The minimum Gasteiger partial charge on any atom is -0.469 e. The van der Waals surface area contributed by atoms with Crippen molar-refractivity contribution >= 4 is 17.7 Å². The zero-order chi connectivity index (χ0) is 14.3. The van der Waals surface area contributed by atoms with E-state index in [9.17, 15) is 27.6 Å². The average Bonchev–Trinajstić information content (AvgIpc) is 2.22. The van der Waals surface area contributed by atoms with Crippen molar-refractivity contribution in [2.45, 2.75) is 25.4 Å². The van der Waals surface area contributed by atoms with Gasteiger partial charge >= 0.3 is 12.1 Å². The summed E-state index contributed by atoms with van der Waals surface area (Å²) < 4.78 is 39.7. The van der Waals surface area contributed by atoms with Gasteiger partial charge in [-0.2, -0.15) is 13.2 Å². The lowest BCUT2D eigenvalue weighted by Crippen LogP contribution is -2.30. The van der Waals surface area contributed by atoms with Crippen LogP contribution in [0.2, 0.25) is 0 Å². The molecule has 0 aliphatic carbocycles. The van der Waals surface area contributed by atoms with Crippen LogP contribution in [0.25, 0.3) is 0 Å². The largest absolute Gasteiger partial charge is 0.469 e. The van der Waals surface area contributed by atoms with Crippen molar-refractivity contribution in [1.82, 2.24) is 5.32 Å². The Labute approximate surface area is 101 Å². The molecular weight excluding hydrogens is 255 g/mol. The predicted molar refractivity (Wildman–Crippen MR) is 54.2 cm³/mol. The molecule has 1 amide bonds. The molecule has 0 aromatic heterocycles. The van der Waals surface area contributed by atoms with Crippen LogP contribution in [0.4, 0.5) is 13.2 Å². The highest BCUT2D eigenvalue weighted by Gasteiger charge is 2.31. The second-order valence-corrected chi connectivity index (χ2v) is 3.32. The third-order valence-electron chi connectivity index (χ3n) is 1.77. The van der Waals surface area contributed by atoms with Gasteiger partial charge in [0.1, 0.15) is 6.42 Å². The first-order valence-electron chi connectivity index (χ1n) is 4.81. The molecular formula is C10H12F3NO4. The van der Waals surface area contributed by atoms with Gasteiger partial charge in [-0.05, 0) is 0 Å². The summed E-state index contributed by atoms with van der Waals surface area (Å²) in [5, 5.41) is 1.72. The van der Waals surface area contributed by atoms with E-state index in [0.717, 1.165) is 7.11 Å².